The minimum absolute atomic E-state index is 0.0983. The fourth-order valence-electron chi connectivity index (χ4n) is 2.70. The van der Waals surface area contributed by atoms with E-state index in [0.717, 1.165) is 18.7 Å². The summed E-state index contributed by atoms with van der Waals surface area (Å²) in [4.78, 5) is 20.4. The number of carbonyl (C=O) groups is 1. The molecule has 7 heteroatoms. The third-order valence-electron chi connectivity index (χ3n) is 5.11. The van der Waals surface area contributed by atoms with Gasteiger partial charge < -0.3 is 13.8 Å². The van der Waals surface area contributed by atoms with E-state index in [1.54, 1.807) is 11.3 Å². The number of imidazole rings is 1. The summed E-state index contributed by atoms with van der Waals surface area (Å²) in [6.45, 7) is 12.3. The van der Waals surface area contributed by atoms with Crippen LogP contribution in [-0.2, 0) is 27.5 Å². The number of rotatable bonds is 6. The number of hydrogen-bond acceptors (Lipinski definition) is 5. The Balaban J connectivity index is 2.06. The van der Waals surface area contributed by atoms with Gasteiger partial charge in [-0.15, -0.1) is 5.06 Å². The van der Waals surface area contributed by atoms with Gasteiger partial charge in [-0.05, 0) is 24.6 Å². The predicted molar refractivity (Wildman–Crippen MR) is 91.2 cm³/mol. The number of nitrogens with zero attached hydrogens (tertiary/aromatic N) is 3. The van der Waals surface area contributed by atoms with E-state index in [2.05, 4.69) is 38.8 Å². The molecule has 0 unspecified atom stereocenters. The first-order valence-corrected chi connectivity index (χ1v) is 11.1. The molecule has 1 fully saturated rings. The summed E-state index contributed by atoms with van der Waals surface area (Å²) in [5, 5.41) is 1.92. The van der Waals surface area contributed by atoms with Crippen LogP contribution in [0, 0.1) is 0 Å². The SMILES string of the molecule is Cn1ccnc1C[C@@H]1C[C@@H](O[Si](C)(C)C(C)(C)C)CN1OC=O. The van der Waals surface area contributed by atoms with E-state index in [9.17, 15) is 4.79 Å². The van der Waals surface area contributed by atoms with Gasteiger partial charge in [0.05, 0.1) is 18.7 Å². The monoisotopic (exact) mass is 339 g/mol. The third kappa shape index (κ3) is 4.22. The van der Waals surface area contributed by atoms with Gasteiger partial charge in [0.1, 0.15) is 5.82 Å². The van der Waals surface area contributed by atoms with Crippen LogP contribution in [0.25, 0.3) is 0 Å². The van der Waals surface area contributed by atoms with Gasteiger partial charge in [-0.1, -0.05) is 20.8 Å². The quantitative estimate of drug-likeness (QED) is 0.589. The van der Waals surface area contributed by atoms with Crippen LogP contribution in [0.5, 0.6) is 0 Å². The van der Waals surface area contributed by atoms with Crippen molar-refractivity contribution in [2.75, 3.05) is 6.54 Å². The first-order valence-electron chi connectivity index (χ1n) is 8.15. The van der Waals surface area contributed by atoms with Gasteiger partial charge in [0.15, 0.2) is 8.32 Å². The van der Waals surface area contributed by atoms with Crippen molar-refractivity contribution in [1.29, 1.82) is 0 Å². The van der Waals surface area contributed by atoms with Crippen molar-refractivity contribution in [2.45, 2.75) is 63.9 Å². The highest BCUT2D eigenvalue weighted by Gasteiger charge is 2.43. The molecule has 0 amide bonds. The van der Waals surface area contributed by atoms with E-state index < -0.39 is 8.32 Å². The smallest absolute Gasteiger partial charge is 0.313 e. The van der Waals surface area contributed by atoms with Crippen molar-refractivity contribution in [3.05, 3.63) is 18.2 Å². The highest BCUT2D eigenvalue weighted by atomic mass is 28.4. The van der Waals surface area contributed by atoms with Crippen molar-refractivity contribution >= 4 is 14.8 Å². The maximum absolute atomic E-state index is 10.8. The third-order valence-corrected chi connectivity index (χ3v) is 9.65. The standard InChI is InChI=1S/C16H29N3O3Si/c1-16(2,3)23(5,6)22-14-9-13(19(11-14)21-12-20)10-15-17-7-8-18(15)4/h7-8,12-14H,9-11H2,1-6H3/t13-,14+/m0/s1. The summed E-state index contributed by atoms with van der Waals surface area (Å²) in [6, 6.07) is 0.107. The zero-order valence-corrected chi connectivity index (χ0v) is 16.1. The number of hydrogen-bond donors (Lipinski definition) is 0. The van der Waals surface area contributed by atoms with Crippen molar-refractivity contribution in [1.82, 2.24) is 14.6 Å². The Morgan fingerprint density at radius 2 is 2.13 bits per heavy atom. The Kier molecular flexibility index (Phi) is 5.32. The molecule has 1 aromatic rings. The molecule has 0 radical (unpaired) electrons. The first-order chi connectivity index (χ1) is 10.6. The largest absolute Gasteiger partial charge is 0.412 e. The van der Waals surface area contributed by atoms with E-state index in [-0.39, 0.29) is 17.2 Å². The van der Waals surface area contributed by atoms with Gasteiger partial charge in [0, 0.05) is 25.9 Å². The lowest BCUT2D eigenvalue weighted by Gasteiger charge is -2.38. The molecule has 0 spiro atoms. The average Bonchev–Trinajstić information content (AvgIpc) is 2.96. The molecular formula is C16H29N3O3Si. The molecule has 2 heterocycles. The zero-order chi connectivity index (χ0) is 17.3. The molecule has 0 bridgehead atoms. The maximum Gasteiger partial charge on any atom is 0.313 e. The maximum atomic E-state index is 10.8. The number of aromatic nitrogens is 2. The van der Waals surface area contributed by atoms with E-state index in [1.165, 1.54) is 0 Å². The Hall–Kier alpha value is -1.18. The molecule has 130 valence electrons. The minimum atomic E-state index is -1.83. The van der Waals surface area contributed by atoms with Crippen LogP contribution in [0.3, 0.4) is 0 Å². The van der Waals surface area contributed by atoms with E-state index in [4.69, 9.17) is 9.26 Å². The number of carbonyl (C=O) groups excluding carboxylic acids is 1. The van der Waals surface area contributed by atoms with Crippen LogP contribution in [0.1, 0.15) is 33.0 Å². The second kappa shape index (κ2) is 6.74. The Morgan fingerprint density at radius 3 is 2.65 bits per heavy atom. The van der Waals surface area contributed by atoms with Crippen LogP contribution in [0.2, 0.25) is 18.1 Å². The molecule has 2 atom stereocenters. The number of aryl methyl sites for hydroxylation is 1. The van der Waals surface area contributed by atoms with Crippen molar-refractivity contribution in [2.24, 2.45) is 7.05 Å². The van der Waals surface area contributed by atoms with Gasteiger partial charge in [-0.25, -0.2) is 4.98 Å². The highest BCUT2D eigenvalue weighted by Crippen LogP contribution is 2.39. The molecule has 0 N–H and O–H groups in total. The molecule has 6 nitrogen and oxygen atoms in total. The fourth-order valence-corrected chi connectivity index (χ4v) is 4.06. The van der Waals surface area contributed by atoms with Crippen molar-refractivity contribution in [3.8, 4) is 0 Å². The highest BCUT2D eigenvalue weighted by molar-refractivity contribution is 6.74. The second-order valence-electron chi connectivity index (χ2n) is 7.85. The van der Waals surface area contributed by atoms with Gasteiger partial charge in [0.25, 0.3) is 0 Å². The van der Waals surface area contributed by atoms with E-state index in [1.807, 2.05) is 17.8 Å². The summed E-state index contributed by atoms with van der Waals surface area (Å²) in [6.07, 6.45) is 5.42. The molecule has 1 aliphatic heterocycles. The average molecular weight is 340 g/mol. The van der Waals surface area contributed by atoms with Crippen LogP contribution in [-0.4, -0.2) is 48.1 Å². The molecule has 1 aliphatic rings. The molecule has 23 heavy (non-hydrogen) atoms. The summed E-state index contributed by atoms with van der Waals surface area (Å²) >= 11 is 0. The van der Waals surface area contributed by atoms with Gasteiger partial charge in [-0.2, -0.15) is 0 Å². The van der Waals surface area contributed by atoms with Crippen LogP contribution < -0.4 is 0 Å². The van der Waals surface area contributed by atoms with Crippen molar-refractivity contribution < 1.29 is 14.1 Å². The van der Waals surface area contributed by atoms with Crippen LogP contribution >= 0.6 is 0 Å². The van der Waals surface area contributed by atoms with Gasteiger partial charge in [-0.3, -0.25) is 4.79 Å². The fraction of sp³-hybridized carbons (Fsp3) is 0.750. The Bertz CT molecular complexity index is 539. The van der Waals surface area contributed by atoms with Crippen molar-refractivity contribution in [3.63, 3.8) is 0 Å². The minimum Gasteiger partial charge on any atom is -0.412 e. The lowest BCUT2D eigenvalue weighted by atomic mass is 10.1. The molecule has 0 aliphatic carbocycles. The zero-order valence-electron chi connectivity index (χ0n) is 15.1. The predicted octanol–water partition coefficient (Wildman–Crippen LogP) is 2.52. The topological polar surface area (TPSA) is 56.6 Å². The van der Waals surface area contributed by atoms with E-state index >= 15 is 0 Å². The van der Waals surface area contributed by atoms with Crippen LogP contribution in [0.4, 0.5) is 0 Å². The normalized spacial score (nSPS) is 23.2. The van der Waals surface area contributed by atoms with Gasteiger partial charge >= 0.3 is 6.47 Å². The van der Waals surface area contributed by atoms with E-state index in [0.29, 0.717) is 13.0 Å². The molecule has 0 saturated carbocycles. The molecule has 1 saturated heterocycles. The number of hydroxylamine groups is 2. The second-order valence-corrected chi connectivity index (χ2v) is 12.6. The molecule has 1 aromatic heterocycles. The summed E-state index contributed by atoms with van der Waals surface area (Å²) in [7, 11) is 0.145. The molecule has 2 rings (SSSR count). The Labute approximate surface area is 139 Å². The lowest BCUT2D eigenvalue weighted by Crippen LogP contribution is -2.44. The van der Waals surface area contributed by atoms with Gasteiger partial charge in [0.2, 0.25) is 0 Å². The first kappa shape index (κ1) is 18.2. The summed E-state index contributed by atoms with van der Waals surface area (Å²) in [5.74, 6) is 0.988. The molecular weight excluding hydrogens is 310 g/mol. The lowest BCUT2D eigenvalue weighted by molar-refractivity contribution is -0.179. The molecule has 0 aromatic carbocycles. The van der Waals surface area contributed by atoms with Crippen LogP contribution in [0.15, 0.2) is 12.4 Å². The Morgan fingerprint density at radius 1 is 1.43 bits per heavy atom. The summed E-state index contributed by atoms with van der Waals surface area (Å²) in [5.41, 5.74) is 0. The summed E-state index contributed by atoms with van der Waals surface area (Å²) < 4.78 is 8.49.